The van der Waals surface area contributed by atoms with Gasteiger partial charge >= 0.3 is 0 Å². The zero-order valence-corrected chi connectivity index (χ0v) is 20.2. The first-order valence-electron chi connectivity index (χ1n) is 10.8. The maximum absolute atomic E-state index is 12.4. The summed E-state index contributed by atoms with van der Waals surface area (Å²) in [6.45, 7) is -0.275. The molecule has 0 saturated carbocycles. The lowest BCUT2D eigenvalue weighted by molar-refractivity contribution is -0.123. The third kappa shape index (κ3) is 5.19. The number of carbonyl (C=O) groups is 1. The molecule has 0 spiro atoms. The lowest BCUT2D eigenvalue weighted by Gasteiger charge is -2.13. The second-order valence-corrected chi connectivity index (χ2v) is 8.37. The van der Waals surface area contributed by atoms with Crippen LogP contribution in [0, 0.1) is 0 Å². The number of rotatable bonds is 7. The van der Waals surface area contributed by atoms with E-state index in [1.54, 1.807) is 29.1 Å². The van der Waals surface area contributed by atoms with Gasteiger partial charge in [0.1, 0.15) is 11.4 Å². The van der Waals surface area contributed by atoms with Crippen LogP contribution in [0.5, 0.6) is 5.75 Å². The number of fused-ring (bicyclic) bond motifs is 1. The molecule has 0 aliphatic heterocycles. The predicted octanol–water partition coefficient (Wildman–Crippen LogP) is 5.32. The molecule has 5 rings (SSSR count). The van der Waals surface area contributed by atoms with Crippen LogP contribution in [0.15, 0.2) is 90.2 Å². The second kappa shape index (κ2) is 10.6. The van der Waals surface area contributed by atoms with E-state index < -0.39 is 5.91 Å². The Morgan fingerprint density at radius 3 is 2.53 bits per heavy atom. The average molecular weight is 517 g/mol. The van der Waals surface area contributed by atoms with Gasteiger partial charge in [-0.25, -0.2) is 20.1 Å². The van der Waals surface area contributed by atoms with E-state index in [-0.39, 0.29) is 11.8 Å². The van der Waals surface area contributed by atoms with Crippen LogP contribution in [0.1, 0.15) is 5.69 Å². The Morgan fingerprint density at radius 2 is 1.72 bits per heavy atom. The van der Waals surface area contributed by atoms with Crippen molar-refractivity contribution in [1.82, 2.24) is 25.2 Å². The first kappa shape index (κ1) is 23.5. The van der Waals surface area contributed by atoms with Crippen molar-refractivity contribution in [2.75, 3.05) is 6.61 Å². The number of benzene rings is 3. The van der Waals surface area contributed by atoms with Crippen LogP contribution in [0.25, 0.3) is 28.0 Å². The minimum absolute atomic E-state index is 0.184. The minimum atomic E-state index is -0.464. The molecule has 1 amide bonds. The lowest BCUT2D eigenvalue weighted by Crippen LogP contribution is -2.24. The van der Waals surface area contributed by atoms with Gasteiger partial charge in [0, 0.05) is 10.6 Å². The number of halogens is 2. The summed E-state index contributed by atoms with van der Waals surface area (Å²) >= 11 is 12.4. The molecule has 0 bridgehead atoms. The first-order chi connectivity index (χ1) is 17.6. The Bertz CT molecular complexity index is 1570. The van der Waals surface area contributed by atoms with Gasteiger partial charge in [-0.15, -0.1) is 0 Å². The van der Waals surface area contributed by atoms with Crippen LogP contribution >= 0.6 is 23.2 Å². The third-order valence-corrected chi connectivity index (χ3v) is 5.66. The average Bonchev–Trinajstić information content (AvgIpc) is 3.39. The minimum Gasteiger partial charge on any atom is -0.483 e. The molecule has 0 aliphatic rings. The third-order valence-electron chi connectivity index (χ3n) is 5.15. The van der Waals surface area contributed by atoms with Gasteiger partial charge in [-0.05, 0) is 48.5 Å². The van der Waals surface area contributed by atoms with E-state index in [0.717, 1.165) is 11.4 Å². The molecule has 0 aliphatic carbocycles. The van der Waals surface area contributed by atoms with E-state index in [0.29, 0.717) is 33.1 Å². The van der Waals surface area contributed by atoms with Gasteiger partial charge in [-0.3, -0.25) is 4.79 Å². The van der Waals surface area contributed by atoms with Crippen molar-refractivity contribution < 1.29 is 9.53 Å². The summed E-state index contributed by atoms with van der Waals surface area (Å²) in [7, 11) is 0. The van der Waals surface area contributed by atoms with Crippen LogP contribution < -0.4 is 10.2 Å². The number of aromatic nitrogens is 4. The molecule has 5 aromatic rings. The fraction of sp³-hybridized carbons (Fsp3) is 0.0385. The molecule has 0 atom stereocenters. The zero-order valence-electron chi connectivity index (χ0n) is 18.7. The molecule has 1 N–H and O–H groups in total. The summed E-state index contributed by atoms with van der Waals surface area (Å²) < 4.78 is 7.59. The monoisotopic (exact) mass is 516 g/mol. The van der Waals surface area contributed by atoms with E-state index in [1.165, 1.54) is 6.21 Å². The molecule has 0 unspecified atom stereocenters. The van der Waals surface area contributed by atoms with Crippen molar-refractivity contribution >= 4 is 46.4 Å². The van der Waals surface area contributed by atoms with Crippen molar-refractivity contribution in [2.24, 2.45) is 5.10 Å². The molecule has 0 fully saturated rings. The van der Waals surface area contributed by atoms with E-state index in [4.69, 9.17) is 27.9 Å². The zero-order chi connectivity index (χ0) is 24.9. The fourth-order valence-corrected chi connectivity index (χ4v) is 3.88. The molecular formula is C26H18Cl2N6O2. The van der Waals surface area contributed by atoms with Gasteiger partial charge < -0.3 is 4.74 Å². The topological polar surface area (TPSA) is 94.3 Å². The van der Waals surface area contributed by atoms with Crippen LogP contribution in [0.4, 0.5) is 0 Å². The predicted molar refractivity (Wildman–Crippen MR) is 140 cm³/mol. The van der Waals surface area contributed by atoms with E-state index in [1.807, 2.05) is 60.7 Å². The maximum atomic E-state index is 12.4. The van der Waals surface area contributed by atoms with Gasteiger partial charge in [-0.1, -0.05) is 53.5 Å². The Morgan fingerprint density at radius 1 is 0.972 bits per heavy atom. The number of hydrogen-bond donors (Lipinski definition) is 1. The highest BCUT2D eigenvalue weighted by atomic mass is 35.5. The van der Waals surface area contributed by atoms with Crippen molar-refractivity contribution in [1.29, 1.82) is 0 Å². The SMILES string of the molecule is O=C(COc1ccc(Cl)cc1-c1ccnn1-c1ccccc1)N/N=C\c1nc2ccccc2nc1Cl. The number of ether oxygens (including phenoxy) is 1. The summed E-state index contributed by atoms with van der Waals surface area (Å²) in [5, 5.41) is 9.07. The number of nitrogens with one attached hydrogen (secondary N) is 1. The quantitative estimate of drug-likeness (QED) is 0.233. The highest BCUT2D eigenvalue weighted by molar-refractivity contribution is 6.32. The largest absolute Gasteiger partial charge is 0.483 e. The highest BCUT2D eigenvalue weighted by Crippen LogP contribution is 2.33. The molecule has 2 heterocycles. The molecule has 0 radical (unpaired) electrons. The van der Waals surface area contributed by atoms with Crippen LogP contribution in [-0.2, 0) is 4.79 Å². The molecule has 8 nitrogen and oxygen atoms in total. The van der Waals surface area contributed by atoms with Gasteiger partial charge in [0.25, 0.3) is 5.91 Å². The summed E-state index contributed by atoms with van der Waals surface area (Å²) in [5.41, 5.74) is 6.43. The van der Waals surface area contributed by atoms with E-state index in [2.05, 4.69) is 25.6 Å². The summed E-state index contributed by atoms with van der Waals surface area (Å²) in [4.78, 5) is 21.1. The van der Waals surface area contributed by atoms with E-state index >= 15 is 0 Å². The Kier molecular flexibility index (Phi) is 6.88. The van der Waals surface area contributed by atoms with Crippen molar-refractivity contribution in [3.63, 3.8) is 0 Å². The second-order valence-electron chi connectivity index (χ2n) is 7.57. The Balaban J connectivity index is 1.29. The first-order valence-corrected chi connectivity index (χ1v) is 11.6. The normalized spacial score (nSPS) is 11.2. The molecule has 2 aromatic heterocycles. The number of carbonyl (C=O) groups excluding carboxylic acids is 1. The van der Waals surface area contributed by atoms with E-state index in [9.17, 15) is 4.79 Å². The standard InChI is InChI=1S/C26H18Cl2N6O2/c27-17-10-11-24(19(14-17)23-12-13-30-34(23)18-6-2-1-3-7-18)36-16-25(35)33-29-15-22-26(28)32-21-9-5-4-8-20(21)31-22/h1-15H,16H2,(H,33,35)/b29-15-. The summed E-state index contributed by atoms with van der Waals surface area (Å²) in [6.07, 6.45) is 3.03. The van der Waals surface area contributed by atoms with Gasteiger partial charge in [0.15, 0.2) is 11.8 Å². The van der Waals surface area contributed by atoms with Gasteiger partial charge in [0.2, 0.25) is 0 Å². The summed E-state index contributed by atoms with van der Waals surface area (Å²) in [5.74, 6) is 0.00763. The number of nitrogens with zero attached hydrogens (tertiary/aromatic N) is 5. The number of hydrogen-bond acceptors (Lipinski definition) is 6. The molecular weight excluding hydrogens is 499 g/mol. The summed E-state index contributed by atoms with van der Waals surface area (Å²) in [6, 6.07) is 24.0. The Hall–Kier alpha value is -4.27. The molecule has 3 aromatic carbocycles. The number of hydrazone groups is 1. The van der Waals surface area contributed by atoms with Crippen molar-refractivity contribution in [2.45, 2.75) is 0 Å². The van der Waals surface area contributed by atoms with Crippen molar-refractivity contribution in [3.05, 3.63) is 101 Å². The number of para-hydroxylation sites is 3. The smallest absolute Gasteiger partial charge is 0.277 e. The Labute approximate surface area is 216 Å². The van der Waals surface area contributed by atoms with Crippen molar-refractivity contribution in [3.8, 4) is 22.7 Å². The van der Waals surface area contributed by atoms with Gasteiger partial charge in [0.05, 0.1) is 34.8 Å². The molecule has 0 saturated heterocycles. The van der Waals surface area contributed by atoms with Crippen LogP contribution in [0.3, 0.4) is 0 Å². The van der Waals surface area contributed by atoms with Gasteiger partial charge in [-0.2, -0.15) is 10.2 Å². The molecule has 10 heteroatoms. The lowest BCUT2D eigenvalue weighted by atomic mass is 10.1. The maximum Gasteiger partial charge on any atom is 0.277 e. The van der Waals surface area contributed by atoms with Crippen LogP contribution in [0.2, 0.25) is 10.2 Å². The van der Waals surface area contributed by atoms with Crippen LogP contribution in [-0.4, -0.2) is 38.5 Å². The molecule has 36 heavy (non-hydrogen) atoms. The fourth-order valence-electron chi connectivity index (χ4n) is 3.53. The molecule has 178 valence electrons. The number of amides is 1. The highest BCUT2D eigenvalue weighted by Gasteiger charge is 2.15.